The van der Waals surface area contributed by atoms with Gasteiger partial charge in [0.05, 0.1) is 11.4 Å². The smallest absolute Gasteiger partial charge is 0.414 e. The minimum absolute atomic E-state index is 0.389. The Morgan fingerprint density at radius 3 is 2.11 bits per heavy atom. The van der Waals surface area contributed by atoms with E-state index in [2.05, 4.69) is 25.1 Å². The van der Waals surface area contributed by atoms with Gasteiger partial charge in [0.15, 0.2) is 0 Å². The average molecular weight is 369 g/mol. The van der Waals surface area contributed by atoms with Gasteiger partial charge in [-0.3, -0.25) is 0 Å². The van der Waals surface area contributed by atoms with Crippen LogP contribution in [0.5, 0.6) is 0 Å². The molecule has 1 aliphatic carbocycles. The topological polar surface area (TPSA) is 29.5 Å². The lowest BCUT2D eigenvalue weighted by Crippen LogP contribution is -2.26. The molecule has 3 nitrogen and oxygen atoms in total. The van der Waals surface area contributed by atoms with Crippen LogP contribution in [0.25, 0.3) is 6.08 Å². The van der Waals surface area contributed by atoms with Crippen LogP contribution < -0.4 is 4.90 Å². The first-order valence-corrected chi connectivity index (χ1v) is 9.63. The third kappa shape index (κ3) is 3.84. The molecule has 3 heteroatoms. The van der Waals surface area contributed by atoms with E-state index in [1.54, 1.807) is 4.90 Å². The number of carbonyl (C=O) groups excluding carboxylic acids is 1. The quantitative estimate of drug-likeness (QED) is 0.517. The molecule has 0 spiro atoms. The third-order valence-electron chi connectivity index (χ3n) is 5.04. The summed E-state index contributed by atoms with van der Waals surface area (Å²) in [4.78, 5) is 14.8. The Labute approximate surface area is 165 Å². The van der Waals surface area contributed by atoms with Gasteiger partial charge in [-0.25, -0.2) is 9.69 Å². The molecule has 0 bridgehead atoms. The first kappa shape index (κ1) is 18.1. The van der Waals surface area contributed by atoms with Gasteiger partial charge in [-0.05, 0) is 66.8 Å². The Morgan fingerprint density at radius 1 is 0.821 bits per heavy atom. The predicted molar refractivity (Wildman–Crippen MR) is 114 cm³/mol. The molecule has 28 heavy (non-hydrogen) atoms. The Kier molecular flexibility index (Phi) is 5.24. The van der Waals surface area contributed by atoms with Crippen LogP contribution in [0.3, 0.4) is 0 Å². The summed E-state index contributed by atoms with van der Waals surface area (Å²) in [6.07, 6.45) is 4.34. The van der Waals surface area contributed by atoms with Crippen molar-refractivity contribution >= 4 is 23.5 Å². The molecule has 0 radical (unpaired) electrons. The van der Waals surface area contributed by atoms with E-state index in [-0.39, 0.29) is 6.09 Å². The monoisotopic (exact) mass is 369 g/mol. The zero-order valence-corrected chi connectivity index (χ0v) is 16.0. The second kappa shape index (κ2) is 8.13. The van der Waals surface area contributed by atoms with Crippen LogP contribution in [0.15, 0.2) is 84.6 Å². The maximum absolute atomic E-state index is 13.2. The summed E-state index contributed by atoms with van der Waals surface area (Å²) in [6, 6.07) is 25.5. The highest BCUT2D eigenvalue weighted by Gasteiger charge is 2.22. The third-order valence-corrected chi connectivity index (χ3v) is 5.04. The van der Waals surface area contributed by atoms with Crippen LogP contribution in [0.2, 0.25) is 0 Å². The molecule has 1 aliphatic rings. The van der Waals surface area contributed by atoms with Crippen molar-refractivity contribution in [3.63, 3.8) is 0 Å². The highest BCUT2D eigenvalue weighted by Crippen LogP contribution is 2.30. The van der Waals surface area contributed by atoms with Gasteiger partial charge in [0.2, 0.25) is 0 Å². The number of aryl methyl sites for hydroxylation is 1. The van der Waals surface area contributed by atoms with Gasteiger partial charge in [-0.1, -0.05) is 54.6 Å². The van der Waals surface area contributed by atoms with Gasteiger partial charge >= 0.3 is 6.09 Å². The van der Waals surface area contributed by atoms with E-state index in [1.807, 2.05) is 66.7 Å². The Balaban J connectivity index is 1.65. The van der Waals surface area contributed by atoms with E-state index < -0.39 is 0 Å². The van der Waals surface area contributed by atoms with E-state index in [0.29, 0.717) is 5.76 Å². The summed E-state index contributed by atoms with van der Waals surface area (Å²) in [6.45, 7) is 2.14. The fourth-order valence-electron chi connectivity index (χ4n) is 3.64. The zero-order chi connectivity index (χ0) is 19.3. The molecule has 0 N–H and O–H groups in total. The van der Waals surface area contributed by atoms with Crippen molar-refractivity contribution in [3.8, 4) is 0 Å². The number of carbonyl (C=O) groups is 1. The molecule has 4 rings (SSSR count). The molecule has 3 aromatic rings. The van der Waals surface area contributed by atoms with E-state index in [0.717, 1.165) is 36.2 Å². The molecule has 0 aliphatic heterocycles. The molecule has 0 atom stereocenters. The first-order chi connectivity index (χ1) is 13.7. The predicted octanol–water partition coefficient (Wildman–Crippen LogP) is 6.65. The minimum atomic E-state index is -0.389. The summed E-state index contributed by atoms with van der Waals surface area (Å²) in [5.74, 6) is 0.714. The van der Waals surface area contributed by atoms with E-state index in [4.69, 9.17) is 4.74 Å². The molecule has 140 valence electrons. The number of fused-ring (bicyclic) bond motifs is 1. The van der Waals surface area contributed by atoms with Gasteiger partial charge < -0.3 is 4.74 Å². The molecule has 0 saturated heterocycles. The lowest BCUT2D eigenvalue weighted by Gasteiger charge is -2.23. The van der Waals surface area contributed by atoms with Crippen LogP contribution in [0.1, 0.15) is 29.5 Å². The largest absolute Gasteiger partial charge is 0.424 e. The van der Waals surface area contributed by atoms with Crippen molar-refractivity contribution in [3.05, 3.63) is 101 Å². The van der Waals surface area contributed by atoms with Gasteiger partial charge in [-0.2, -0.15) is 0 Å². The van der Waals surface area contributed by atoms with E-state index in [1.165, 1.54) is 11.1 Å². The van der Waals surface area contributed by atoms with Crippen molar-refractivity contribution in [2.45, 2.75) is 26.2 Å². The molecule has 0 aromatic heterocycles. The van der Waals surface area contributed by atoms with Crippen LogP contribution in [-0.4, -0.2) is 6.09 Å². The van der Waals surface area contributed by atoms with Crippen molar-refractivity contribution < 1.29 is 9.53 Å². The Morgan fingerprint density at radius 2 is 1.46 bits per heavy atom. The van der Waals surface area contributed by atoms with Gasteiger partial charge in [0.1, 0.15) is 5.76 Å². The van der Waals surface area contributed by atoms with Crippen LogP contribution in [0, 0.1) is 6.92 Å². The fourth-order valence-corrected chi connectivity index (χ4v) is 3.64. The summed E-state index contributed by atoms with van der Waals surface area (Å²) < 4.78 is 5.89. The summed E-state index contributed by atoms with van der Waals surface area (Å²) in [5, 5.41) is 0. The number of para-hydroxylation sites is 2. The second-order valence-electron chi connectivity index (χ2n) is 6.98. The fraction of sp³-hybridized carbons (Fsp3) is 0.160. The summed E-state index contributed by atoms with van der Waals surface area (Å²) in [7, 11) is 0. The summed E-state index contributed by atoms with van der Waals surface area (Å²) >= 11 is 0. The molecule has 0 fully saturated rings. The molecule has 1 amide bonds. The van der Waals surface area contributed by atoms with E-state index in [9.17, 15) is 4.79 Å². The summed E-state index contributed by atoms with van der Waals surface area (Å²) in [5.41, 5.74) is 5.34. The molecule has 3 aromatic carbocycles. The highest BCUT2D eigenvalue weighted by molar-refractivity contribution is 5.96. The minimum Gasteiger partial charge on any atom is -0.414 e. The van der Waals surface area contributed by atoms with Crippen molar-refractivity contribution in [1.29, 1.82) is 0 Å². The maximum atomic E-state index is 13.2. The number of amides is 1. The maximum Gasteiger partial charge on any atom is 0.424 e. The standard InChI is InChI=1S/C25H23NO2/c1-19-10-8-11-20-18-23(16-9-17-24(19)20)28-25(27)26(21-12-4-2-5-13-21)22-14-6-3-7-15-22/h2-8,10-15,18H,9,16-17H2,1H3. The van der Waals surface area contributed by atoms with Crippen molar-refractivity contribution in [1.82, 2.24) is 0 Å². The van der Waals surface area contributed by atoms with E-state index >= 15 is 0 Å². The van der Waals surface area contributed by atoms with Gasteiger partial charge in [0.25, 0.3) is 0 Å². The lowest BCUT2D eigenvalue weighted by atomic mass is 9.99. The molecular formula is C25H23NO2. The average Bonchev–Trinajstić information content (AvgIpc) is 2.92. The zero-order valence-electron chi connectivity index (χ0n) is 16.0. The Bertz CT molecular complexity index is 954. The van der Waals surface area contributed by atoms with Crippen LogP contribution in [-0.2, 0) is 11.2 Å². The second-order valence-corrected chi connectivity index (χ2v) is 6.98. The van der Waals surface area contributed by atoms with Crippen LogP contribution >= 0.6 is 0 Å². The molecular weight excluding hydrogens is 346 g/mol. The van der Waals surface area contributed by atoms with Crippen molar-refractivity contribution in [2.75, 3.05) is 4.90 Å². The normalized spacial score (nSPS) is 13.1. The number of hydrogen-bond donors (Lipinski definition) is 0. The highest BCUT2D eigenvalue weighted by atomic mass is 16.6. The van der Waals surface area contributed by atoms with Crippen LogP contribution in [0.4, 0.5) is 16.2 Å². The first-order valence-electron chi connectivity index (χ1n) is 9.63. The van der Waals surface area contributed by atoms with Gasteiger partial charge in [-0.15, -0.1) is 0 Å². The molecule has 0 saturated carbocycles. The Hall–Kier alpha value is -3.33. The number of rotatable bonds is 3. The SMILES string of the molecule is Cc1cccc2c1CCCC(OC(=O)N(c1ccccc1)c1ccccc1)=C2. The number of benzene rings is 3. The number of allylic oxidation sites excluding steroid dienone is 1. The van der Waals surface area contributed by atoms with Crippen molar-refractivity contribution in [2.24, 2.45) is 0 Å². The lowest BCUT2D eigenvalue weighted by molar-refractivity contribution is 0.184. The number of hydrogen-bond acceptors (Lipinski definition) is 2. The number of ether oxygens (including phenoxy) is 1. The molecule has 0 unspecified atom stereocenters. The number of anilines is 2. The van der Waals surface area contributed by atoms with Gasteiger partial charge in [0, 0.05) is 6.42 Å². The molecule has 0 heterocycles. The number of nitrogens with zero attached hydrogens (tertiary/aromatic N) is 1.